The Bertz CT molecular complexity index is 467. The molecule has 1 atom stereocenters. The van der Waals surface area contributed by atoms with Gasteiger partial charge in [-0.3, -0.25) is 4.79 Å². The Balaban J connectivity index is 1.95. The van der Waals surface area contributed by atoms with E-state index in [9.17, 15) is 4.79 Å². The first kappa shape index (κ1) is 15.5. The fourth-order valence-corrected chi connectivity index (χ4v) is 2.50. The predicted octanol–water partition coefficient (Wildman–Crippen LogP) is 1.62. The number of unbranched alkanes of at least 4 members (excludes halogenated alkanes) is 1. The standard InChI is InChI=1S/C15H24N4O2/c1-3-4-8-16-14(20)12-6-5-10-19(11-12)15-17-9-7-13(18-15)21-2/h7,9,12H,3-6,8,10-11H2,1-2H3,(H,16,20). The van der Waals surface area contributed by atoms with Crippen molar-refractivity contribution in [2.75, 3.05) is 31.6 Å². The molecule has 1 N–H and O–H groups in total. The number of nitrogens with one attached hydrogen (secondary N) is 1. The Kier molecular flexibility index (Phi) is 5.78. The van der Waals surface area contributed by atoms with Gasteiger partial charge in [0.05, 0.1) is 13.0 Å². The van der Waals surface area contributed by atoms with Crippen LogP contribution in [0.15, 0.2) is 12.3 Å². The lowest BCUT2D eigenvalue weighted by Crippen LogP contribution is -2.43. The lowest BCUT2D eigenvalue weighted by molar-refractivity contribution is -0.125. The zero-order valence-corrected chi connectivity index (χ0v) is 12.8. The maximum absolute atomic E-state index is 12.2. The molecule has 2 rings (SSSR count). The van der Waals surface area contributed by atoms with Crippen molar-refractivity contribution < 1.29 is 9.53 Å². The van der Waals surface area contributed by atoms with E-state index in [1.807, 2.05) is 0 Å². The van der Waals surface area contributed by atoms with Gasteiger partial charge >= 0.3 is 0 Å². The van der Waals surface area contributed by atoms with E-state index in [4.69, 9.17) is 4.74 Å². The van der Waals surface area contributed by atoms with Crippen LogP contribution in [0.2, 0.25) is 0 Å². The van der Waals surface area contributed by atoms with Gasteiger partial charge in [-0.05, 0) is 19.3 Å². The Morgan fingerprint density at radius 1 is 1.57 bits per heavy atom. The third kappa shape index (κ3) is 4.31. The second-order valence-electron chi connectivity index (χ2n) is 5.33. The van der Waals surface area contributed by atoms with Crippen LogP contribution in [0.4, 0.5) is 5.95 Å². The quantitative estimate of drug-likeness (QED) is 0.807. The normalized spacial score (nSPS) is 18.4. The number of hydrogen-bond donors (Lipinski definition) is 1. The summed E-state index contributed by atoms with van der Waals surface area (Å²) >= 11 is 0. The number of ether oxygens (including phenoxy) is 1. The molecule has 1 aliphatic rings. The summed E-state index contributed by atoms with van der Waals surface area (Å²) in [7, 11) is 1.59. The molecule has 6 nitrogen and oxygen atoms in total. The molecular formula is C15H24N4O2. The van der Waals surface area contributed by atoms with Gasteiger partial charge in [-0.1, -0.05) is 13.3 Å². The van der Waals surface area contributed by atoms with Crippen LogP contribution in [0.3, 0.4) is 0 Å². The lowest BCUT2D eigenvalue weighted by Gasteiger charge is -2.32. The molecule has 1 fully saturated rings. The Labute approximate surface area is 125 Å². The van der Waals surface area contributed by atoms with E-state index in [0.717, 1.165) is 38.8 Å². The van der Waals surface area contributed by atoms with Crippen LogP contribution in [0.1, 0.15) is 32.6 Å². The fourth-order valence-electron chi connectivity index (χ4n) is 2.50. The van der Waals surface area contributed by atoms with Gasteiger partial charge in [0.25, 0.3) is 0 Å². The van der Waals surface area contributed by atoms with Crippen LogP contribution >= 0.6 is 0 Å². The van der Waals surface area contributed by atoms with Crippen LogP contribution in [0, 0.1) is 5.92 Å². The van der Waals surface area contributed by atoms with E-state index in [0.29, 0.717) is 18.4 Å². The molecule has 2 heterocycles. The van der Waals surface area contributed by atoms with Crippen molar-refractivity contribution in [1.82, 2.24) is 15.3 Å². The predicted molar refractivity (Wildman–Crippen MR) is 81.4 cm³/mol. The average molecular weight is 292 g/mol. The maximum Gasteiger partial charge on any atom is 0.228 e. The summed E-state index contributed by atoms with van der Waals surface area (Å²) in [4.78, 5) is 22.9. The summed E-state index contributed by atoms with van der Waals surface area (Å²) in [5, 5.41) is 3.02. The molecule has 6 heteroatoms. The van der Waals surface area contributed by atoms with Crippen molar-refractivity contribution in [1.29, 1.82) is 0 Å². The topological polar surface area (TPSA) is 67.4 Å². The molecule has 116 valence electrons. The van der Waals surface area contributed by atoms with E-state index >= 15 is 0 Å². The second-order valence-corrected chi connectivity index (χ2v) is 5.33. The number of carbonyl (C=O) groups is 1. The monoisotopic (exact) mass is 292 g/mol. The Morgan fingerprint density at radius 2 is 2.43 bits per heavy atom. The maximum atomic E-state index is 12.2. The highest BCUT2D eigenvalue weighted by Crippen LogP contribution is 2.21. The number of anilines is 1. The van der Waals surface area contributed by atoms with Gasteiger partial charge in [-0.2, -0.15) is 4.98 Å². The van der Waals surface area contributed by atoms with Gasteiger partial charge in [0.15, 0.2) is 0 Å². The van der Waals surface area contributed by atoms with Gasteiger partial charge < -0.3 is 15.0 Å². The molecule has 0 radical (unpaired) electrons. The van der Waals surface area contributed by atoms with Gasteiger partial charge in [-0.15, -0.1) is 0 Å². The van der Waals surface area contributed by atoms with Crippen molar-refractivity contribution in [2.45, 2.75) is 32.6 Å². The van der Waals surface area contributed by atoms with Crippen molar-refractivity contribution in [3.05, 3.63) is 12.3 Å². The van der Waals surface area contributed by atoms with Crippen molar-refractivity contribution >= 4 is 11.9 Å². The highest BCUT2D eigenvalue weighted by atomic mass is 16.5. The average Bonchev–Trinajstić information content (AvgIpc) is 2.55. The first-order chi connectivity index (χ1) is 10.2. The van der Waals surface area contributed by atoms with Crippen molar-refractivity contribution in [3.8, 4) is 5.88 Å². The van der Waals surface area contributed by atoms with Crippen LogP contribution in [-0.4, -0.2) is 42.6 Å². The SMILES string of the molecule is CCCCNC(=O)C1CCCN(c2nccc(OC)n2)C1. The van der Waals surface area contributed by atoms with E-state index in [-0.39, 0.29) is 11.8 Å². The molecule has 1 aliphatic heterocycles. The lowest BCUT2D eigenvalue weighted by atomic mass is 9.97. The number of piperidine rings is 1. The van der Waals surface area contributed by atoms with Crippen LogP contribution in [-0.2, 0) is 4.79 Å². The van der Waals surface area contributed by atoms with Gasteiger partial charge in [0.2, 0.25) is 17.7 Å². The summed E-state index contributed by atoms with van der Waals surface area (Å²) in [6.07, 6.45) is 5.72. The minimum atomic E-state index is 0.0189. The van der Waals surface area contributed by atoms with Gasteiger partial charge in [0.1, 0.15) is 0 Å². The fraction of sp³-hybridized carbons (Fsp3) is 0.667. The minimum Gasteiger partial charge on any atom is -0.481 e. The highest BCUT2D eigenvalue weighted by Gasteiger charge is 2.27. The number of hydrogen-bond acceptors (Lipinski definition) is 5. The molecule has 1 unspecified atom stereocenters. The third-order valence-electron chi connectivity index (χ3n) is 3.73. The second kappa shape index (κ2) is 7.81. The number of carbonyl (C=O) groups excluding carboxylic acids is 1. The van der Waals surface area contributed by atoms with E-state index in [1.54, 1.807) is 19.4 Å². The largest absolute Gasteiger partial charge is 0.481 e. The molecule has 0 bridgehead atoms. The van der Waals surface area contributed by atoms with E-state index in [2.05, 4.69) is 27.1 Å². The van der Waals surface area contributed by atoms with Crippen LogP contribution in [0.25, 0.3) is 0 Å². The number of rotatable bonds is 6. The zero-order valence-electron chi connectivity index (χ0n) is 12.8. The number of aromatic nitrogens is 2. The Morgan fingerprint density at radius 3 is 3.19 bits per heavy atom. The van der Waals surface area contributed by atoms with Gasteiger partial charge in [0, 0.05) is 31.9 Å². The molecule has 1 amide bonds. The molecule has 0 spiro atoms. The molecule has 1 saturated heterocycles. The van der Waals surface area contributed by atoms with Crippen molar-refractivity contribution in [3.63, 3.8) is 0 Å². The van der Waals surface area contributed by atoms with Gasteiger partial charge in [-0.25, -0.2) is 4.98 Å². The molecule has 0 aliphatic carbocycles. The summed E-state index contributed by atoms with van der Waals surface area (Å²) in [5.41, 5.74) is 0. The van der Waals surface area contributed by atoms with Crippen LogP contribution in [0.5, 0.6) is 5.88 Å². The molecule has 0 saturated carbocycles. The molecule has 21 heavy (non-hydrogen) atoms. The van der Waals surface area contributed by atoms with E-state index in [1.165, 1.54) is 0 Å². The highest BCUT2D eigenvalue weighted by molar-refractivity contribution is 5.79. The number of methoxy groups -OCH3 is 1. The molecule has 1 aromatic heterocycles. The van der Waals surface area contributed by atoms with E-state index < -0.39 is 0 Å². The summed E-state index contributed by atoms with van der Waals surface area (Å²) in [6.45, 7) is 4.44. The summed E-state index contributed by atoms with van der Waals surface area (Å²) < 4.78 is 5.13. The minimum absolute atomic E-state index is 0.0189. The molecule has 0 aromatic carbocycles. The molecule has 1 aromatic rings. The number of amides is 1. The molecular weight excluding hydrogens is 268 g/mol. The summed E-state index contributed by atoms with van der Waals surface area (Å²) in [5.74, 6) is 1.36. The Hall–Kier alpha value is -1.85. The zero-order chi connectivity index (χ0) is 15.1. The van der Waals surface area contributed by atoms with Crippen LogP contribution < -0.4 is 15.0 Å². The third-order valence-corrected chi connectivity index (χ3v) is 3.73. The summed E-state index contributed by atoms with van der Waals surface area (Å²) in [6, 6.07) is 1.72. The smallest absolute Gasteiger partial charge is 0.228 e. The number of nitrogens with zero attached hydrogens (tertiary/aromatic N) is 3. The first-order valence-electron chi connectivity index (χ1n) is 7.64. The van der Waals surface area contributed by atoms with Crippen molar-refractivity contribution in [2.24, 2.45) is 5.92 Å². The first-order valence-corrected chi connectivity index (χ1v) is 7.64.